The predicted octanol–water partition coefficient (Wildman–Crippen LogP) is 3.44. The van der Waals surface area contributed by atoms with E-state index in [4.69, 9.17) is 0 Å². The number of fused-ring (bicyclic) bond motifs is 1. The molecule has 0 saturated heterocycles. The summed E-state index contributed by atoms with van der Waals surface area (Å²) in [6, 6.07) is 10.7. The minimum atomic E-state index is -4.22. The molecule has 1 amide bonds. The van der Waals surface area contributed by atoms with Crippen LogP contribution in [-0.4, -0.2) is 85.3 Å². The van der Waals surface area contributed by atoms with Gasteiger partial charge in [0, 0.05) is 74.4 Å². The molecule has 11 nitrogen and oxygen atoms in total. The van der Waals surface area contributed by atoms with Crippen LogP contribution in [-0.2, 0) is 29.4 Å². The van der Waals surface area contributed by atoms with Crippen LogP contribution in [0.4, 0.5) is 20.2 Å². The van der Waals surface area contributed by atoms with E-state index in [2.05, 4.69) is 25.4 Å². The van der Waals surface area contributed by atoms with Crippen molar-refractivity contribution in [2.75, 3.05) is 51.0 Å². The van der Waals surface area contributed by atoms with Crippen LogP contribution in [0.25, 0.3) is 0 Å². The van der Waals surface area contributed by atoms with Crippen molar-refractivity contribution >= 4 is 33.1 Å². The predicted molar refractivity (Wildman–Crippen MR) is 161 cm³/mol. The number of hydrogen-bond acceptors (Lipinski definition) is 7. The molecule has 14 heteroatoms. The number of carbonyl (C=O) groups excluding carboxylic acids is 2. The number of anilines is 2. The zero-order valence-corrected chi connectivity index (χ0v) is 25.3. The molecule has 4 aromatic rings. The average molecular weight is 626 g/mol. The minimum absolute atomic E-state index is 0.0702. The Morgan fingerprint density at radius 3 is 2.48 bits per heavy atom. The minimum Gasteiger partial charge on any atom is -0.373 e. The number of benzene rings is 2. The maximum absolute atomic E-state index is 13.8. The quantitative estimate of drug-likeness (QED) is 0.218. The number of amides is 1. The number of aromatic nitrogens is 3. The van der Waals surface area contributed by atoms with Crippen molar-refractivity contribution < 1.29 is 26.8 Å². The van der Waals surface area contributed by atoms with E-state index in [9.17, 15) is 26.8 Å². The number of hydrogen-bond donors (Lipinski definition) is 3. The molecule has 0 atom stereocenters. The summed E-state index contributed by atoms with van der Waals surface area (Å²) in [5.74, 6) is -2.74. The first-order chi connectivity index (χ1) is 20.9. The number of halogens is 2. The van der Waals surface area contributed by atoms with Gasteiger partial charge in [0.1, 0.15) is 17.3 Å². The lowest BCUT2D eigenvalue weighted by atomic mass is 9.99. The third kappa shape index (κ3) is 6.72. The van der Waals surface area contributed by atoms with Crippen molar-refractivity contribution in [2.24, 2.45) is 0 Å². The van der Waals surface area contributed by atoms with Crippen molar-refractivity contribution in [2.45, 2.75) is 24.3 Å². The molecule has 0 spiro atoms. The second kappa shape index (κ2) is 12.7. The fourth-order valence-electron chi connectivity index (χ4n) is 5.01. The molecule has 0 unspecified atom stereocenters. The Morgan fingerprint density at radius 2 is 1.80 bits per heavy atom. The van der Waals surface area contributed by atoms with Gasteiger partial charge >= 0.3 is 0 Å². The van der Waals surface area contributed by atoms with Gasteiger partial charge in [-0.15, -0.1) is 0 Å². The molecule has 1 aliphatic heterocycles. The molecular formula is C30H33F2N7O4S. The Hall–Kier alpha value is -4.40. The van der Waals surface area contributed by atoms with Gasteiger partial charge in [0.15, 0.2) is 5.78 Å². The smallest absolute Gasteiger partial charge is 0.272 e. The Bertz CT molecular complexity index is 1770. The van der Waals surface area contributed by atoms with Gasteiger partial charge in [-0.25, -0.2) is 17.2 Å². The van der Waals surface area contributed by atoms with E-state index in [1.807, 2.05) is 26.0 Å². The highest BCUT2D eigenvalue weighted by atomic mass is 32.2. The molecule has 0 aliphatic carbocycles. The maximum Gasteiger partial charge on any atom is 0.272 e. The van der Waals surface area contributed by atoms with Gasteiger partial charge in [-0.05, 0) is 56.6 Å². The molecule has 0 saturated carbocycles. The largest absolute Gasteiger partial charge is 0.373 e. The number of ketones is 1. The van der Waals surface area contributed by atoms with Gasteiger partial charge < -0.3 is 20.1 Å². The Balaban J connectivity index is 1.40. The first-order valence-electron chi connectivity index (χ1n) is 13.9. The van der Waals surface area contributed by atoms with Crippen molar-refractivity contribution in [3.05, 3.63) is 94.6 Å². The highest BCUT2D eigenvalue weighted by Gasteiger charge is 2.32. The second-order valence-electron chi connectivity index (χ2n) is 10.9. The van der Waals surface area contributed by atoms with E-state index < -0.39 is 32.5 Å². The number of aromatic amines is 2. The fourth-order valence-corrected chi connectivity index (χ4v) is 6.46. The van der Waals surface area contributed by atoms with Gasteiger partial charge in [-0.1, -0.05) is 0 Å². The monoisotopic (exact) mass is 625 g/mol. The normalized spacial score (nSPS) is 13.6. The molecule has 44 heavy (non-hydrogen) atoms. The Labute approximate surface area is 253 Å². The molecule has 232 valence electrons. The van der Waals surface area contributed by atoms with Gasteiger partial charge in [0.2, 0.25) is 10.0 Å². The van der Waals surface area contributed by atoms with E-state index >= 15 is 0 Å². The lowest BCUT2D eigenvalue weighted by Gasteiger charge is -2.26. The van der Waals surface area contributed by atoms with Gasteiger partial charge in [0.25, 0.3) is 5.91 Å². The maximum atomic E-state index is 13.8. The number of rotatable bonds is 11. The summed E-state index contributed by atoms with van der Waals surface area (Å²) < 4.78 is 55.2. The molecule has 2 aromatic heterocycles. The highest BCUT2D eigenvalue weighted by Crippen LogP contribution is 2.29. The summed E-state index contributed by atoms with van der Waals surface area (Å²) in [5, 5.41) is 10.0. The molecule has 0 fully saturated rings. The van der Waals surface area contributed by atoms with Crippen LogP contribution in [0.3, 0.4) is 0 Å². The van der Waals surface area contributed by atoms with Crippen LogP contribution in [0.2, 0.25) is 0 Å². The third-order valence-electron chi connectivity index (χ3n) is 7.50. The van der Waals surface area contributed by atoms with Crippen molar-refractivity contribution in [1.82, 2.24) is 24.4 Å². The molecule has 3 N–H and O–H groups in total. The topological polar surface area (TPSA) is 134 Å². The van der Waals surface area contributed by atoms with Crippen LogP contribution < -0.4 is 10.2 Å². The first-order valence-corrected chi connectivity index (χ1v) is 15.4. The van der Waals surface area contributed by atoms with Crippen molar-refractivity contribution in [3.63, 3.8) is 0 Å². The molecule has 1 aliphatic rings. The molecule has 2 aromatic carbocycles. The van der Waals surface area contributed by atoms with Gasteiger partial charge in [-0.2, -0.15) is 9.40 Å². The van der Waals surface area contributed by atoms with E-state index in [0.29, 0.717) is 40.9 Å². The van der Waals surface area contributed by atoms with Crippen LogP contribution in [0.1, 0.15) is 37.8 Å². The van der Waals surface area contributed by atoms with Crippen LogP contribution in [0.15, 0.2) is 59.6 Å². The lowest BCUT2D eigenvalue weighted by Crippen LogP contribution is -2.36. The second-order valence-corrected chi connectivity index (χ2v) is 12.9. The average Bonchev–Trinajstić information content (AvgIpc) is 3.66. The zero-order valence-electron chi connectivity index (χ0n) is 24.5. The Morgan fingerprint density at radius 1 is 1.05 bits per heavy atom. The number of nitrogens with zero attached hydrogens (tertiary/aromatic N) is 4. The third-order valence-corrected chi connectivity index (χ3v) is 9.33. The number of Topliss-reactive ketones (excluding diaryl/α,β-unsaturated/α-hetero) is 1. The number of likely N-dealkylation sites (N-methyl/N-ethyl adjacent to an activating group) is 2. The van der Waals surface area contributed by atoms with Crippen LogP contribution in [0.5, 0.6) is 0 Å². The summed E-state index contributed by atoms with van der Waals surface area (Å²) >= 11 is 0. The summed E-state index contributed by atoms with van der Waals surface area (Å²) in [6.45, 7) is 1.46. The van der Waals surface area contributed by atoms with E-state index in [-0.39, 0.29) is 37.3 Å². The number of carbonyl (C=O) groups is 2. The first kappa shape index (κ1) is 31.0. The number of sulfonamides is 1. The number of H-pyrrole nitrogens is 2. The Kier molecular flexibility index (Phi) is 8.95. The van der Waals surface area contributed by atoms with Gasteiger partial charge in [-0.3, -0.25) is 14.7 Å². The lowest BCUT2D eigenvalue weighted by molar-refractivity contribution is 0.0992. The molecule has 0 bridgehead atoms. The molecule has 0 radical (unpaired) electrons. The molecular weight excluding hydrogens is 592 g/mol. The van der Waals surface area contributed by atoms with Gasteiger partial charge in [0.05, 0.1) is 22.7 Å². The summed E-state index contributed by atoms with van der Waals surface area (Å²) in [7, 11) is 1.65. The van der Waals surface area contributed by atoms with E-state index in [1.165, 1.54) is 0 Å². The summed E-state index contributed by atoms with van der Waals surface area (Å²) in [5.41, 5.74) is 3.29. The van der Waals surface area contributed by atoms with Crippen molar-refractivity contribution in [3.8, 4) is 0 Å². The van der Waals surface area contributed by atoms with E-state index in [1.54, 1.807) is 36.5 Å². The summed E-state index contributed by atoms with van der Waals surface area (Å²) in [6.07, 6.45) is 1.73. The standard InChI is InChI=1S/C30H33F2N7O4S/c1-37(2)11-12-38(3)21-6-7-23(27(16-21)34-30(41)26-5-4-9-33-26)29(40)17-28-24-18-39(10-8-25(24)35-36-28)44(42,43)22-14-19(31)13-20(32)15-22/h4-7,9,13-16,33H,8,10-12,17-18H2,1-3H3,(H,34,41)(H,35,36). The number of nitrogens with one attached hydrogen (secondary N) is 3. The van der Waals surface area contributed by atoms with Crippen LogP contribution in [0, 0.1) is 11.6 Å². The highest BCUT2D eigenvalue weighted by molar-refractivity contribution is 7.89. The SMILES string of the molecule is CN(C)CCN(C)c1ccc(C(=O)Cc2n[nH]c3c2CN(S(=O)(=O)c2cc(F)cc(F)c2)CC3)c(NC(=O)c2ccc[nH]2)c1. The summed E-state index contributed by atoms with van der Waals surface area (Å²) in [4.78, 5) is 33.1. The molecule has 5 rings (SSSR count). The van der Waals surface area contributed by atoms with E-state index in [0.717, 1.165) is 28.7 Å². The fraction of sp³-hybridized carbons (Fsp3) is 0.300. The molecule has 3 heterocycles. The van der Waals surface area contributed by atoms with Crippen molar-refractivity contribution in [1.29, 1.82) is 0 Å². The zero-order chi connectivity index (χ0) is 31.6. The van der Waals surface area contributed by atoms with Crippen LogP contribution >= 0.6 is 0 Å².